The molecule has 0 aromatic heterocycles. The van der Waals surface area contributed by atoms with Gasteiger partial charge in [-0.25, -0.2) is 0 Å². The zero-order valence-corrected chi connectivity index (χ0v) is 17.4. The lowest BCUT2D eigenvalue weighted by Crippen LogP contribution is -2.46. The van der Waals surface area contributed by atoms with Crippen molar-refractivity contribution < 1.29 is 14.3 Å². The van der Waals surface area contributed by atoms with E-state index in [-0.39, 0.29) is 23.7 Å². The third-order valence-corrected chi connectivity index (χ3v) is 6.31. The third kappa shape index (κ3) is 5.63. The van der Waals surface area contributed by atoms with Crippen LogP contribution in [0.5, 0.6) is 0 Å². The Morgan fingerprint density at radius 2 is 1.75 bits per heavy atom. The fourth-order valence-corrected chi connectivity index (χ4v) is 4.61. The summed E-state index contributed by atoms with van der Waals surface area (Å²) in [6.45, 7) is 1.18. The van der Waals surface area contributed by atoms with Crippen molar-refractivity contribution in [3.05, 3.63) is 35.9 Å². The number of rotatable bonds is 8. The molecule has 2 fully saturated rings. The lowest BCUT2D eigenvalue weighted by Gasteiger charge is -2.27. The van der Waals surface area contributed by atoms with Crippen LogP contribution in [0.4, 0.5) is 0 Å². The van der Waals surface area contributed by atoms with Crippen LogP contribution in [-0.4, -0.2) is 40.8 Å². The number of hydrogen-bond acceptors (Lipinski definition) is 4. The van der Waals surface area contributed by atoms with Gasteiger partial charge in [-0.15, -0.1) is 0 Å². The minimum atomic E-state index is -0.343. The highest BCUT2D eigenvalue weighted by atomic mass is 32.1. The zero-order valence-electron chi connectivity index (χ0n) is 16.6. The van der Waals surface area contributed by atoms with E-state index in [1.54, 1.807) is 4.90 Å². The summed E-state index contributed by atoms with van der Waals surface area (Å²) in [6, 6.07) is 10.2. The summed E-state index contributed by atoms with van der Waals surface area (Å²) in [5.74, 6) is -0.642. The van der Waals surface area contributed by atoms with E-state index >= 15 is 0 Å². The molecule has 152 valence electrons. The monoisotopic (exact) mass is 401 g/mol. The van der Waals surface area contributed by atoms with Gasteiger partial charge in [-0.05, 0) is 62.7 Å². The molecule has 1 aliphatic carbocycles. The molecule has 0 unspecified atom stereocenters. The fourth-order valence-electron chi connectivity index (χ4n) is 4.28. The van der Waals surface area contributed by atoms with E-state index in [1.807, 2.05) is 6.07 Å². The summed E-state index contributed by atoms with van der Waals surface area (Å²) in [7, 11) is 0. The summed E-state index contributed by atoms with van der Waals surface area (Å²) in [4.78, 5) is 27.0. The van der Waals surface area contributed by atoms with Crippen LogP contribution in [0.15, 0.2) is 30.3 Å². The number of benzene rings is 1. The predicted octanol–water partition coefficient (Wildman–Crippen LogP) is 4.49. The van der Waals surface area contributed by atoms with Crippen molar-refractivity contribution in [2.75, 3.05) is 13.2 Å². The predicted molar refractivity (Wildman–Crippen MR) is 114 cm³/mol. The van der Waals surface area contributed by atoms with Crippen molar-refractivity contribution >= 4 is 29.0 Å². The minimum absolute atomic E-state index is 0.0880. The van der Waals surface area contributed by atoms with Crippen LogP contribution in [-0.2, 0) is 20.7 Å². The van der Waals surface area contributed by atoms with Gasteiger partial charge in [0.1, 0.15) is 6.04 Å². The first-order valence-electron chi connectivity index (χ1n) is 10.7. The first-order chi connectivity index (χ1) is 13.7. The molecule has 28 heavy (non-hydrogen) atoms. The molecule has 1 aliphatic heterocycles. The number of ketones is 1. The van der Waals surface area contributed by atoms with Gasteiger partial charge in [0, 0.05) is 12.5 Å². The van der Waals surface area contributed by atoms with Gasteiger partial charge < -0.3 is 9.64 Å². The molecule has 1 atom stereocenters. The number of carbonyl (C=O) groups is 2. The Labute approximate surface area is 173 Å². The molecule has 1 saturated carbocycles. The smallest absolute Gasteiger partial charge is 0.290 e. The van der Waals surface area contributed by atoms with E-state index in [0.29, 0.717) is 18.2 Å². The maximum atomic E-state index is 12.8. The van der Waals surface area contributed by atoms with Crippen LogP contribution < -0.4 is 0 Å². The van der Waals surface area contributed by atoms with Crippen molar-refractivity contribution in [3.8, 4) is 0 Å². The molecule has 1 heterocycles. The molecule has 0 radical (unpaired) electrons. The largest absolute Gasteiger partial charge is 0.485 e. The van der Waals surface area contributed by atoms with Crippen LogP contribution in [0.25, 0.3) is 0 Å². The van der Waals surface area contributed by atoms with Crippen molar-refractivity contribution in [1.29, 1.82) is 0 Å². The number of ether oxygens (including phenoxy) is 1. The molecule has 0 bridgehead atoms. The van der Waals surface area contributed by atoms with Crippen molar-refractivity contribution in [3.63, 3.8) is 0 Å². The summed E-state index contributed by atoms with van der Waals surface area (Å²) in [6.07, 6.45) is 9.66. The molecule has 1 aromatic carbocycles. The van der Waals surface area contributed by atoms with Gasteiger partial charge >= 0.3 is 0 Å². The summed E-state index contributed by atoms with van der Waals surface area (Å²) in [5.41, 5.74) is 1.33. The summed E-state index contributed by atoms with van der Waals surface area (Å²) in [5, 5.41) is 0.474. The Morgan fingerprint density at radius 1 is 1.00 bits per heavy atom. The van der Waals surface area contributed by atoms with Crippen molar-refractivity contribution in [2.45, 2.75) is 70.3 Å². The first kappa shape index (κ1) is 21.0. The average Bonchev–Trinajstić information content (AvgIpc) is 3.23. The van der Waals surface area contributed by atoms with Gasteiger partial charge in [-0.2, -0.15) is 0 Å². The Kier molecular flexibility index (Phi) is 8.01. The highest BCUT2D eigenvalue weighted by Gasteiger charge is 2.38. The van der Waals surface area contributed by atoms with Gasteiger partial charge in [0.25, 0.3) is 5.91 Å². The molecule has 1 saturated heterocycles. The number of aryl methyl sites for hydroxylation is 1. The van der Waals surface area contributed by atoms with Gasteiger partial charge in [0.05, 0.1) is 6.61 Å². The van der Waals surface area contributed by atoms with Crippen LogP contribution >= 0.6 is 12.2 Å². The molecule has 1 amide bonds. The van der Waals surface area contributed by atoms with Crippen molar-refractivity contribution in [1.82, 2.24) is 4.90 Å². The molecule has 2 aliphatic rings. The first-order valence-corrected chi connectivity index (χ1v) is 11.1. The third-order valence-electron chi connectivity index (χ3n) is 5.92. The zero-order chi connectivity index (χ0) is 19.8. The van der Waals surface area contributed by atoms with Gasteiger partial charge in [0.15, 0.2) is 5.05 Å². The summed E-state index contributed by atoms with van der Waals surface area (Å²) < 4.78 is 5.80. The maximum Gasteiger partial charge on any atom is 0.290 e. The maximum absolute atomic E-state index is 12.8. The van der Waals surface area contributed by atoms with Crippen molar-refractivity contribution in [2.24, 2.45) is 5.92 Å². The topological polar surface area (TPSA) is 46.6 Å². The molecule has 3 rings (SSSR count). The van der Waals surface area contributed by atoms with Crippen LogP contribution in [0.3, 0.4) is 0 Å². The van der Waals surface area contributed by atoms with E-state index in [4.69, 9.17) is 17.0 Å². The molecule has 1 aromatic rings. The lowest BCUT2D eigenvalue weighted by atomic mass is 9.86. The molecular formula is C23H31NO3S. The number of unbranched alkanes of at least 4 members (excludes halogenated alkanes) is 1. The van der Waals surface area contributed by atoms with Crippen LogP contribution in [0.1, 0.15) is 63.4 Å². The number of Topliss-reactive ketones (excluding diaryl/α,β-unsaturated/α-hetero) is 1. The molecule has 0 spiro atoms. The Bertz CT molecular complexity index is 670. The van der Waals surface area contributed by atoms with Crippen LogP contribution in [0, 0.1) is 5.92 Å². The fraction of sp³-hybridized carbons (Fsp3) is 0.609. The number of hydrogen-bond donors (Lipinski definition) is 0. The average molecular weight is 402 g/mol. The molecule has 0 N–H and O–H groups in total. The Balaban J connectivity index is 1.42. The molecule has 4 nitrogen and oxygen atoms in total. The highest BCUT2D eigenvalue weighted by Crippen LogP contribution is 2.27. The standard InChI is InChI=1S/C23H31NO3S/c25-21(19-13-5-2-6-14-19)22(26)24-16-9-15-20(24)23(28)27-17-8-7-12-18-10-3-1-4-11-18/h1,3-4,10-11,19-20H,2,5-9,12-17H2/t20-/m0/s1. The second-order valence-electron chi connectivity index (χ2n) is 7.97. The van der Waals surface area contributed by atoms with E-state index in [1.165, 1.54) is 12.0 Å². The van der Waals surface area contributed by atoms with E-state index in [2.05, 4.69) is 24.3 Å². The number of likely N-dealkylation sites (tertiary alicyclic amines) is 1. The minimum Gasteiger partial charge on any atom is -0.485 e. The van der Waals surface area contributed by atoms with Gasteiger partial charge in [-0.1, -0.05) is 49.6 Å². The second-order valence-corrected chi connectivity index (χ2v) is 8.37. The van der Waals surface area contributed by atoms with E-state index < -0.39 is 0 Å². The van der Waals surface area contributed by atoms with E-state index in [0.717, 1.165) is 57.8 Å². The second kappa shape index (κ2) is 10.7. The normalized spacial score (nSPS) is 20.1. The lowest BCUT2D eigenvalue weighted by molar-refractivity contribution is -0.147. The van der Waals surface area contributed by atoms with E-state index in [9.17, 15) is 9.59 Å². The number of amides is 1. The Hall–Kier alpha value is -1.75. The SMILES string of the molecule is O=C(C(=O)N1CCC[C@H]1C(=S)OCCCCc1ccccc1)C1CCCCC1. The highest BCUT2D eigenvalue weighted by molar-refractivity contribution is 7.80. The quantitative estimate of drug-likeness (QED) is 0.366. The van der Waals surface area contributed by atoms with Crippen LogP contribution in [0.2, 0.25) is 0 Å². The van der Waals surface area contributed by atoms with Gasteiger partial charge in [0.2, 0.25) is 5.78 Å². The number of carbonyl (C=O) groups excluding carboxylic acids is 2. The number of thiocarbonyl (C=S) groups is 1. The summed E-state index contributed by atoms with van der Waals surface area (Å²) >= 11 is 5.47. The molecular weight excluding hydrogens is 370 g/mol. The Morgan fingerprint density at radius 3 is 2.50 bits per heavy atom. The number of nitrogens with zero attached hydrogens (tertiary/aromatic N) is 1. The molecule has 5 heteroatoms. The van der Waals surface area contributed by atoms with Gasteiger partial charge in [-0.3, -0.25) is 9.59 Å².